The number of halogens is 3. The topological polar surface area (TPSA) is 25.2 Å². The lowest BCUT2D eigenvalue weighted by Gasteiger charge is -2.07. The molecule has 0 saturated heterocycles. The van der Waals surface area contributed by atoms with Crippen molar-refractivity contribution < 1.29 is 4.42 Å². The summed E-state index contributed by atoms with van der Waals surface area (Å²) >= 11 is 18.3. The Balaban J connectivity index is 2.34. The van der Waals surface area contributed by atoms with Crippen molar-refractivity contribution in [1.29, 1.82) is 0 Å². The van der Waals surface area contributed by atoms with Gasteiger partial charge < -0.3 is 9.73 Å². The van der Waals surface area contributed by atoms with Gasteiger partial charge in [-0.15, -0.1) is 0 Å². The van der Waals surface area contributed by atoms with Crippen molar-refractivity contribution in [1.82, 2.24) is 5.32 Å². The van der Waals surface area contributed by atoms with E-state index in [4.69, 9.17) is 39.2 Å². The van der Waals surface area contributed by atoms with Crippen LogP contribution in [0.2, 0.25) is 15.1 Å². The highest BCUT2D eigenvalue weighted by Gasteiger charge is 2.15. The van der Waals surface area contributed by atoms with E-state index in [1.165, 1.54) is 0 Å². The molecular weight excluding hydrogens is 293 g/mol. The molecule has 0 aliphatic heterocycles. The molecule has 0 aliphatic carbocycles. The van der Waals surface area contributed by atoms with Crippen LogP contribution in [0.1, 0.15) is 19.4 Å². The lowest BCUT2D eigenvalue weighted by molar-refractivity contribution is 0.547. The summed E-state index contributed by atoms with van der Waals surface area (Å²) in [5.74, 6) is 0.589. The van der Waals surface area contributed by atoms with Crippen molar-refractivity contribution in [2.75, 3.05) is 6.54 Å². The molecule has 0 aliphatic rings. The standard InChI is InChI=1S/C13H14Cl3NO/c1-7(2)4-17-5-8-6-18-13-10(15)3-9(14)12(16)11(8)13/h3,6-7,17H,4-5H2,1-2H3. The molecule has 0 amide bonds. The highest BCUT2D eigenvalue weighted by molar-refractivity contribution is 6.47. The SMILES string of the molecule is CC(C)CNCc1coc2c(Cl)cc(Cl)c(Cl)c12. The van der Waals surface area contributed by atoms with Gasteiger partial charge in [-0.1, -0.05) is 48.7 Å². The maximum Gasteiger partial charge on any atom is 0.154 e. The van der Waals surface area contributed by atoms with Gasteiger partial charge in [0.05, 0.1) is 21.3 Å². The van der Waals surface area contributed by atoms with E-state index in [-0.39, 0.29) is 0 Å². The summed E-state index contributed by atoms with van der Waals surface area (Å²) < 4.78 is 5.46. The van der Waals surface area contributed by atoms with E-state index in [0.29, 0.717) is 33.1 Å². The third-order valence-electron chi connectivity index (χ3n) is 2.63. The zero-order chi connectivity index (χ0) is 13.3. The number of nitrogens with one attached hydrogen (secondary N) is 1. The van der Waals surface area contributed by atoms with Crippen LogP contribution in [0.15, 0.2) is 16.7 Å². The molecule has 0 atom stereocenters. The van der Waals surface area contributed by atoms with Crippen LogP contribution >= 0.6 is 34.8 Å². The number of furan rings is 1. The van der Waals surface area contributed by atoms with Gasteiger partial charge in [-0.3, -0.25) is 0 Å². The second kappa shape index (κ2) is 5.70. The van der Waals surface area contributed by atoms with Gasteiger partial charge in [0, 0.05) is 17.5 Å². The Kier molecular flexibility index (Phi) is 4.44. The van der Waals surface area contributed by atoms with Crippen molar-refractivity contribution in [2.45, 2.75) is 20.4 Å². The molecule has 0 unspecified atom stereocenters. The van der Waals surface area contributed by atoms with Crippen LogP contribution in [-0.4, -0.2) is 6.54 Å². The molecule has 1 heterocycles. The normalized spacial score (nSPS) is 11.7. The second-order valence-corrected chi connectivity index (χ2v) is 5.84. The molecule has 2 aromatic rings. The predicted molar refractivity (Wildman–Crippen MR) is 77.8 cm³/mol. The molecule has 0 saturated carbocycles. The van der Waals surface area contributed by atoms with Gasteiger partial charge >= 0.3 is 0 Å². The van der Waals surface area contributed by atoms with Gasteiger partial charge in [0.2, 0.25) is 0 Å². The molecule has 0 fully saturated rings. The Hall–Kier alpha value is -0.410. The third kappa shape index (κ3) is 2.77. The predicted octanol–water partition coefficient (Wildman–Crippen LogP) is 5.14. The fourth-order valence-electron chi connectivity index (χ4n) is 1.80. The van der Waals surface area contributed by atoms with Gasteiger partial charge in [0.1, 0.15) is 0 Å². The Morgan fingerprint density at radius 1 is 1.22 bits per heavy atom. The van der Waals surface area contributed by atoms with E-state index in [0.717, 1.165) is 17.5 Å². The van der Waals surface area contributed by atoms with Crippen LogP contribution in [0.5, 0.6) is 0 Å². The average molecular weight is 307 g/mol. The molecule has 98 valence electrons. The summed E-state index contributed by atoms with van der Waals surface area (Å²) in [5.41, 5.74) is 1.56. The van der Waals surface area contributed by atoms with Gasteiger partial charge in [0.25, 0.3) is 0 Å². The maximum atomic E-state index is 6.21. The first-order valence-electron chi connectivity index (χ1n) is 5.75. The Morgan fingerprint density at radius 2 is 1.94 bits per heavy atom. The average Bonchev–Trinajstić information content (AvgIpc) is 2.70. The van der Waals surface area contributed by atoms with Crippen LogP contribution in [0.4, 0.5) is 0 Å². The second-order valence-electron chi connectivity index (χ2n) is 4.64. The number of rotatable bonds is 4. The molecule has 0 bridgehead atoms. The van der Waals surface area contributed by atoms with Crippen molar-refractivity contribution in [3.63, 3.8) is 0 Å². The van der Waals surface area contributed by atoms with Gasteiger partial charge in [0.15, 0.2) is 5.58 Å². The van der Waals surface area contributed by atoms with Crippen LogP contribution in [-0.2, 0) is 6.54 Å². The molecule has 1 N–H and O–H groups in total. The first-order valence-corrected chi connectivity index (χ1v) is 6.88. The minimum Gasteiger partial charge on any atom is -0.462 e. The van der Waals surface area contributed by atoms with Crippen LogP contribution in [0, 0.1) is 5.92 Å². The molecule has 1 aromatic heterocycles. The molecule has 0 spiro atoms. The fourth-order valence-corrected chi connectivity index (χ4v) is 2.56. The summed E-state index contributed by atoms with van der Waals surface area (Å²) in [5, 5.41) is 5.56. The van der Waals surface area contributed by atoms with E-state index < -0.39 is 0 Å². The molecule has 5 heteroatoms. The molecule has 18 heavy (non-hydrogen) atoms. The number of fused-ring (bicyclic) bond motifs is 1. The lowest BCUT2D eigenvalue weighted by Crippen LogP contribution is -2.18. The summed E-state index contributed by atoms with van der Waals surface area (Å²) in [6, 6.07) is 1.60. The quantitative estimate of drug-likeness (QED) is 0.791. The zero-order valence-electron chi connectivity index (χ0n) is 10.2. The van der Waals surface area contributed by atoms with E-state index in [1.54, 1.807) is 12.3 Å². The first kappa shape index (κ1) is 14.0. The number of hydrogen-bond donors (Lipinski definition) is 1. The Morgan fingerprint density at radius 3 is 2.61 bits per heavy atom. The summed E-state index contributed by atoms with van der Waals surface area (Å²) in [6.45, 7) is 5.92. The Labute approximate surface area is 121 Å². The fraction of sp³-hybridized carbons (Fsp3) is 0.385. The molecular formula is C13H14Cl3NO. The highest BCUT2D eigenvalue weighted by atomic mass is 35.5. The van der Waals surface area contributed by atoms with Gasteiger partial charge in [-0.2, -0.15) is 0 Å². The number of hydrogen-bond acceptors (Lipinski definition) is 2. The first-order chi connectivity index (χ1) is 8.50. The highest BCUT2D eigenvalue weighted by Crippen LogP contribution is 2.38. The zero-order valence-corrected chi connectivity index (χ0v) is 12.5. The van der Waals surface area contributed by atoms with E-state index in [1.807, 2.05) is 0 Å². The van der Waals surface area contributed by atoms with Gasteiger partial charge in [-0.05, 0) is 18.5 Å². The summed E-state index contributed by atoms with van der Waals surface area (Å²) in [7, 11) is 0. The minimum absolute atomic E-state index is 0.445. The Bertz CT molecular complexity index is 563. The van der Waals surface area contributed by atoms with E-state index >= 15 is 0 Å². The number of benzene rings is 1. The summed E-state index contributed by atoms with van der Waals surface area (Å²) in [6.07, 6.45) is 1.67. The third-order valence-corrected chi connectivity index (χ3v) is 3.70. The van der Waals surface area contributed by atoms with Gasteiger partial charge in [-0.25, -0.2) is 0 Å². The minimum atomic E-state index is 0.445. The van der Waals surface area contributed by atoms with E-state index in [9.17, 15) is 0 Å². The van der Waals surface area contributed by atoms with Crippen LogP contribution < -0.4 is 5.32 Å². The molecule has 2 rings (SSSR count). The maximum absolute atomic E-state index is 6.21. The largest absolute Gasteiger partial charge is 0.462 e. The van der Waals surface area contributed by atoms with Crippen molar-refractivity contribution >= 4 is 45.8 Å². The molecule has 2 nitrogen and oxygen atoms in total. The van der Waals surface area contributed by atoms with Crippen molar-refractivity contribution in [3.05, 3.63) is 33.0 Å². The lowest BCUT2D eigenvalue weighted by atomic mass is 10.1. The molecule has 0 radical (unpaired) electrons. The van der Waals surface area contributed by atoms with Crippen LogP contribution in [0.3, 0.4) is 0 Å². The molecule has 1 aromatic carbocycles. The summed E-state index contributed by atoms with van der Waals surface area (Å²) in [4.78, 5) is 0. The van der Waals surface area contributed by atoms with E-state index in [2.05, 4.69) is 19.2 Å². The monoisotopic (exact) mass is 305 g/mol. The van der Waals surface area contributed by atoms with Crippen LogP contribution in [0.25, 0.3) is 11.0 Å². The van der Waals surface area contributed by atoms with Crippen molar-refractivity contribution in [3.8, 4) is 0 Å². The van der Waals surface area contributed by atoms with Crippen molar-refractivity contribution in [2.24, 2.45) is 5.92 Å². The smallest absolute Gasteiger partial charge is 0.154 e.